The zero-order chi connectivity index (χ0) is 23.2. The summed E-state index contributed by atoms with van der Waals surface area (Å²) in [6, 6.07) is 21.2. The second-order valence-corrected chi connectivity index (χ2v) is 9.73. The number of nitrogens with zero attached hydrogens (tertiary/aromatic N) is 2. The molecule has 2 saturated carbocycles. The van der Waals surface area contributed by atoms with Gasteiger partial charge >= 0.3 is 0 Å². The molecule has 3 aromatic rings. The monoisotopic (exact) mass is 454 g/mol. The van der Waals surface area contributed by atoms with Crippen molar-refractivity contribution in [2.75, 3.05) is 0 Å². The van der Waals surface area contributed by atoms with Gasteiger partial charge in [0, 0.05) is 24.2 Å². The number of hydrogen-bond donors (Lipinski definition) is 2. The predicted molar refractivity (Wildman–Crippen MR) is 134 cm³/mol. The summed E-state index contributed by atoms with van der Waals surface area (Å²) in [7, 11) is 0. The Bertz CT molecular complexity index is 1090. The van der Waals surface area contributed by atoms with Crippen molar-refractivity contribution in [2.45, 2.75) is 75.9 Å². The van der Waals surface area contributed by atoms with Gasteiger partial charge in [-0.2, -0.15) is 0 Å². The Balaban J connectivity index is 1.47. The van der Waals surface area contributed by atoms with E-state index in [1.54, 1.807) is 6.20 Å². The lowest BCUT2D eigenvalue weighted by Gasteiger charge is -2.31. The molecule has 2 fully saturated rings. The molecule has 176 valence electrons. The summed E-state index contributed by atoms with van der Waals surface area (Å²) in [6.45, 7) is 1.14. The molecule has 0 aliphatic heterocycles. The van der Waals surface area contributed by atoms with E-state index in [4.69, 9.17) is 4.98 Å². The fourth-order valence-corrected chi connectivity index (χ4v) is 5.67. The van der Waals surface area contributed by atoms with E-state index in [9.17, 15) is 4.79 Å². The van der Waals surface area contributed by atoms with Gasteiger partial charge in [0.25, 0.3) is 5.91 Å². The quantitative estimate of drug-likeness (QED) is 0.485. The Morgan fingerprint density at radius 2 is 1.56 bits per heavy atom. The van der Waals surface area contributed by atoms with Gasteiger partial charge in [0.15, 0.2) is 0 Å². The minimum atomic E-state index is -0.244. The maximum absolute atomic E-state index is 13.4. The maximum atomic E-state index is 13.4. The van der Waals surface area contributed by atoms with Crippen LogP contribution < -0.4 is 10.6 Å². The number of aromatic nitrogens is 2. The summed E-state index contributed by atoms with van der Waals surface area (Å²) in [4.78, 5) is 23.2. The Morgan fingerprint density at radius 1 is 0.882 bits per heavy atom. The van der Waals surface area contributed by atoms with Gasteiger partial charge in [0.05, 0.1) is 17.8 Å². The molecule has 5 heteroatoms. The molecule has 0 saturated heterocycles. The molecule has 2 aliphatic carbocycles. The summed E-state index contributed by atoms with van der Waals surface area (Å²) < 4.78 is 0. The SMILES string of the molecule is O=C(NCc1ccccc1)c1cnc(CNC2CCCC2)nc1C1(c2ccccc2)CCCC1. The molecule has 2 aromatic carbocycles. The molecule has 5 rings (SSSR count). The van der Waals surface area contributed by atoms with Crippen LogP contribution in [0, 0.1) is 0 Å². The summed E-state index contributed by atoms with van der Waals surface area (Å²) in [5, 5.41) is 6.75. The number of nitrogens with one attached hydrogen (secondary N) is 2. The van der Waals surface area contributed by atoms with Crippen LogP contribution in [0.2, 0.25) is 0 Å². The van der Waals surface area contributed by atoms with Gasteiger partial charge in [-0.05, 0) is 36.8 Å². The number of rotatable bonds is 8. The van der Waals surface area contributed by atoms with Gasteiger partial charge < -0.3 is 10.6 Å². The summed E-state index contributed by atoms with van der Waals surface area (Å²) in [5.74, 6) is 0.681. The molecule has 1 amide bonds. The van der Waals surface area contributed by atoms with E-state index < -0.39 is 0 Å². The van der Waals surface area contributed by atoms with E-state index in [-0.39, 0.29) is 11.3 Å². The number of amides is 1. The molecule has 0 atom stereocenters. The van der Waals surface area contributed by atoms with Gasteiger partial charge in [-0.3, -0.25) is 4.79 Å². The van der Waals surface area contributed by atoms with Crippen LogP contribution in [0.3, 0.4) is 0 Å². The third kappa shape index (κ3) is 4.90. The van der Waals surface area contributed by atoms with Crippen LogP contribution in [0.25, 0.3) is 0 Å². The smallest absolute Gasteiger partial charge is 0.255 e. The Labute approximate surface area is 202 Å². The molecule has 1 aromatic heterocycles. The highest BCUT2D eigenvalue weighted by Crippen LogP contribution is 2.46. The molecule has 0 unspecified atom stereocenters. The first kappa shape index (κ1) is 22.7. The normalized spacial score (nSPS) is 17.6. The minimum absolute atomic E-state index is 0.101. The van der Waals surface area contributed by atoms with Gasteiger partial charge in [-0.25, -0.2) is 9.97 Å². The molecule has 1 heterocycles. The van der Waals surface area contributed by atoms with E-state index in [1.165, 1.54) is 31.2 Å². The fraction of sp³-hybridized carbons (Fsp3) is 0.414. The minimum Gasteiger partial charge on any atom is -0.348 e. The zero-order valence-electron chi connectivity index (χ0n) is 19.8. The van der Waals surface area contributed by atoms with Crippen molar-refractivity contribution >= 4 is 5.91 Å². The van der Waals surface area contributed by atoms with Crippen molar-refractivity contribution in [1.82, 2.24) is 20.6 Å². The van der Waals surface area contributed by atoms with Gasteiger partial charge in [-0.1, -0.05) is 86.3 Å². The lowest BCUT2D eigenvalue weighted by Crippen LogP contribution is -2.33. The van der Waals surface area contributed by atoms with Crippen LogP contribution in [0.5, 0.6) is 0 Å². The molecular weight excluding hydrogens is 420 g/mol. The van der Waals surface area contributed by atoms with E-state index in [2.05, 4.69) is 45.9 Å². The summed E-state index contributed by atoms with van der Waals surface area (Å²) >= 11 is 0. The molecule has 34 heavy (non-hydrogen) atoms. The van der Waals surface area contributed by atoms with Crippen LogP contribution in [0.1, 0.15) is 84.4 Å². The first-order chi connectivity index (χ1) is 16.7. The predicted octanol–water partition coefficient (Wildman–Crippen LogP) is 5.30. The highest BCUT2D eigenvalue weighted by atomic mass is 16.1. The highest BCUT2D eigenvalue weighted by molar-refractivity contribution is 5.95. The summed E-state index contributed by atoms with van der Waals surface area (Å²) in [5.41, 5.74) is 3.57. The van der Waals surface area contributed by atoms with Crippen molar-refractivity contribution in [1.29, 1.82) is 0 Å². The van der Waals surface area contributed by atoms with Crippen molar-refractivity contribution in [2.24, 2.45) is 0 Å². The second-order valence-electron chi connectivity index (χ2n) is 9.73. The first-order valence-corrected chi connectivity index (χ1v) is 12.7. The van der Waals surface area contributed by atoms with E-state index >= 15 is 0 Å². The number of hydrogen-bond acceptors (Lipinski definition) is 4. The van der Waals surface area contributed by atoms with Crippen LogP contribution in [-0.4, -0.2) is 21.9 Å². The Hall–Kier alpha value is -3.05. The van der Waals surface area contributed by atoms with Crippen LogP contribution in [-0.2, 0) is 18.5 Å². The van der Waals surface area contributed by atoms with Crippen molar-refractivity contribution in [3.05, 3.63) is 95.1 Å². The standard InChI is InChI=1S/C29H34N4O/c34-28(32-19-22-11-3-1-4-12-22)25-20-31-26(21-30-24-15-7-8-16-24)33-27(25)29(17-9-10-18-29)23-13-5-2-6-14-23/h1-6,11-14,20,24,30H,7-10,15-19,21H2,(H,32,34). The van der Waals surface area contributed by atoms with E-state index in [0.29, 0.717) is 24.7 Å². The van der Waals surface area contributed by atoms with Crippen LogP contribution >= 0.6 is 0 Å². The summed E-state index contributed by atoms with van der Waals surface area (Å²) in [6.07, 6.45) is 11.1. The molecular formula is C29H34N4O. The van der Waals surface area contributed by atoms with Crippen molar-refractivity contribution < 1.29 is 4.79 Å². The Kier molecular flexibility index (Phi) is 7.00. The van der Waals surface area contributed by atoms with Crippen molar-refractivity contribution in [3.8, 4) is 0 Å². The third-order valence-corrected chi connectivity index (χ3v) is 7.52. The van der Waals surface area contributed by atoms with Crippen LogP contribution in [0.15, 0.2) is 66.9 Å². The molecule has 2 aliphatic rings. The van der Waals surface area contributed by atoms with Gasteiger partial charge in [0.2, 0.25) is 0 Å². The van der Waals surface area contributed by atoms with E-state index in [1.807, 2.05) is 30.3 Å². The van der Waals surface area contributed by atoms with Gasteiger partial charge in [-0.15, -0.1) is 0 Å². The Morgan fingerprint density at radius 3 is 2.26 bits per heavy atom. The second kappa shape index (κ2) is 10.5. The lowest BCUT2D eigenvalue weighted by molar-refractivity contribution is 0.0947. The topological polar surface area (TPSA) is 66.9 Å². The molecule has 0 bridgehead atoms. The van der Waals surface area contributed by atoms with Crippen molar-refractivity contribution in [3.63, 3.8) is 0 Å². The maximum Gasteiger partial charge on any atom is 0.255 e. The molecule has 5 nitrogen and oxygen atoms in total. The molecule has 2 N–H and O–H groups in total. The van der Waals surface area contributed by atoms with E-state index in [0.717, 1.165) is 42.8 Å². The fourth-order valence-electron chi connectivity index (χ4n) is 5.67. The third-order valence-electron chi connectivity index (χ3n) is 7.52. The number of carbonyl (C=O) groups is 1. The number of benzene rings is 2. The average Bonchev–Trinajstić information content (AvgIpc) is 3.60. The molecule has 0 spiro atoms. The van der Waals surface area contributed by atoms with Gasteiger partial charge in [0.1, 0.15) is 5.82 Å². The lowest BCUT2D eigenvalue weighted by atomic mass is 9.74. The molecule has 0 radical (unpaired) electrons. The largest absolute Gasteiger partial charge is 0.348 e. The van der Waals surface area contributed by atoms with Crippen LogP contribution in [0.4, 0.5) is 0 Å². The zero-order valence-corrected chi connectivity index (χ0v) is 19.8. The average molecular weight is 455 g/mol. The number of carbonyl (C=O) groups excluding carboxylic acids is 1. The highest BCUT2D eigenvalue weighted by Gasteiger charge is 2.41. The first-order valence-electron chi connectivity index (χ1n) is 12.7.